The number of aromatic nitrogens is 1. The van der Waals surface area contributed by atoms with Crippen LogP contribution in [0, 0.1) is 0 Å². The minimum absolute atomic E-state index is 0.0419. The van der Waals surface area contributed by atoms with Gasteiger partial charge in [0, 0.05) is 37.0 Å². The molecule has 2 rings (SSSR count). The van der Waals surface area contributed by atoms with E-state index < -0.39 is 18.7 Å². The van der Waals surface area contributed by atoms with Crippen molar-refractivity contribution in [2.24, 2.45) is 0 Å². The van der Waals surface area contributed by atoms with Gasteiger partial charge < -0.3 is 15.4 Å². The van der Waals surface area contributed by atoms with Gasteiger partial charge in [0.2, 0.25) is 11.8 Å². The first-order valence-electron chi connectivity index (χ1n) is 8.20. The van der Waals surface area contributed by atoms with Crippen LogP contribution in [0.25, 0.3) is 6.08 Å². The standard InChI is InChI=1S/C19H18F3N3O3/c1-23-17(27)14-7-4-13(5-8-14)6-9-16(26)25-11-15-3-2-10-24-18(15)28-12-19(20,21)22/h2-10H,11-12H2,1H3,(H,23,27)(H,25,26)/b9-6+. The van der Waals surface area contributed by atoms with Crippen molar-refractivity contribution in [1.82, 2.24) is 15.6 Å². The third kappa shape index (κ3) is 6.75. The number of nitrogens with one attached hydrogen (secondary N) is 2. The maximum absolute atomic E-state index is 12.3. The first-order valence-corrected chi connectivity index (χ1v) is 8.20. The molecule has 148 valence electrons. The molecule has 1 aromatic heterocycles. The summed E-state index contributed by atoms with van der Waals surface area (Å²) in [6.07, 6.45) is -0.345. The molecule has 2 N–H and O–H groups in total. The van der Waals surface area contributed by atoms with Gasteiger partial charge in [-0.15, -0.1) is 0 Å². The highest BCUT2D eigenvalue weighted by atomic mass is 19.4. The number of ether oxygens (including phenoxy) is 1. The fourth-order valence-corrected chi connectivity index (χ4v) is 2.14. The molecule has 0 spiro atoms. The van der Waals surface area contributed by atoms with Crippen LogP contribution >= 0.6 is 0 Å². The largest absolute Gasteiger partial charge is 0.468 e. The summed E-state index contributed by atoms with van der Waals surface area (Å²) in [5, 5.41) is 5.06. The summed E-state index contributed by atoms with van der Waals surface area (Å²) >= 11 is 0. The van der Waals surface area contributed by atoms with Crippen molar-refractivity contribution in [1.29, 1.82) is 0 Å². The molecule has 0 aliphatic heterocycles. The quantitative estimate of drug-likeness (QED) is 0.709. The van der Waals surface area contributed by atoms with Gasteiger partial charge in [0.05, 0.1) is 0 Å². The highest BCUT2D eigenvalue weighted by Gasteiger charge is 2.29. The average molecular weight is 393 g/mol. The summed E-state index contributed by atoms with van der Waals surface area (Å²) in [4.78, 5) is 27.2. The maximum Gasteiger partial charge on any atom is 0.422 e. The van der Waals surface area contributed by atoms with Gasteiger partial charge in [0.1, 0.15) is 0 Å². The molecule has 0 saturated heterocycles. The second kappa shape index (κ2) is 9.54. The number of hydrogen-bond donors (Lipinski definition) is 2. The van der Waals surface area contributed by atoms with E-state index in [-0.39, 0.29) is 18.3 Å². The summed E-state index contributed by atoms with van der Waals surface area (Å²) in [6, 6.07) is 9.65. The predicted molar refractivity (Wildman–Crippen MR) is 96.5 cm³/mol. The number of nitrogens with zero attached hydrogens (tertiary/aromatic N) is 1. The number of hydrogen-bond acceptors (Lipinski definition) is 4. The Morgan fingerprint density at radius 3 is 2.54 bits per heavy atom. The fraction of sp³-hybridized carbons (Fsp3) is 0.211. The number of carbonyl (C=O) groups excluding carboxylic acids is 2. The SMILES string of the molecule is CNC(=O)c1ccc(/C=C/C(=O)NCc2cccnc2OCC(F)(F)F)cc1. The van der Waals surface area contributed by atoms with E-state index in [1.807, 2.05) is 0 Å². The number of alkyl halides is 3. The van der Waals surface area contributed by atoms with Crippen molar-refractivity contribution in [2.75, 3.05) is 13.7 Å². The van der Waals surface area contributed by atoms with Gasteiger partial charge >= 0.3 is 6.18 Å². The third-order valence-electron chi connectivity index (χ3n) is 3.50. The van der Waals surface area contributed by atoms with Crippen LogP contribution in [0.5, 0.6) is 5.88 Å². The Hall–Kier alpha value is -3.36. The summed E-state index contributed by atoms with van der Waals surface area (Å²) < 4.78 is 41.5. The van der Waals surface area contributed by atoms with E-state index in [1.54, 1.807) is 30.3 Å². The summed E-state index contributed by atoms with van der Waals surface area (Å²) in [6.45, 7) is -1.50. The van der Waals surface area contributed by atoms with Crippen LogP contribution in [0.3, 0.4) is 0 Å². The molecule has 2 amide bonds. The van der Waals surface area contributed by atoms with E-state index in [1.165, 1.54) is 31.5 Å². The van der Waals surface area contributed by atoms with Crippen LogP contribution < -0.4 is 15.4 Å². The van der Waals surface area contributed by atoms with E-state index in [0.717, 1.165) is 0 Å². The zero-order valence-electron chi connectivity index (χ0n) is 14.9. The smallest absolute Gasteiger partial charge is 0.422 e. The van der Waals surface area contributed by atoms with Crippen molar-refractivity contribution < 1.29 is 27.5 Å². The van der Waals surface area contributed by atoms with Crippen LogP contribution in [0.2, 0.25) is 0 Å². The fourth-order valence-electron chi connectivity index (χ4n) is 2.14. The molecule has 0 bridgehead atoms. The van der Waals surface area contributed by atoms with Gasteiger partial charge in [-0.3, -0.25) is 9.59 Å². The molecule has 0 radical (unpaired) electrons. The zero-order valence-corrected chi connectivity index (χ0v) is 14.9. The second-order valence-corrected chi connectivity index (χ2v) is 5.62. The highest BCUT2D eigenvalue weighted by molar-refractivity contribution is 5.94. The lowest BCUT2D eigenvalue weighted by molar-refractivity contribution is -0.154. The molecule has 0 fully saturated rings. The average Bonchev–Trinajstić information content (AvgIpc) is 2.69. The van der Waals surface area contributed by atoms with Crippen molar-refractivity contribution >= 4 is 17.9 Å². The minimum Gasteiger partial charge on any atom is -0.468 e. The molecule has 2 aromatic rings. The number of carbonyl (C=O) groups is 2. The zero-order chi connectivity index (χ0) is 20.6. The molecular weight excluding hydrogens is 375 g/mol. The van der Waals surface area contributed by atoms with Gasteiger partial charge in [0.25, 0.3) is 5.91 Å². The molecule has 28 heavy (non-hydrogen) atoms. The third-order valence-corrected chi connectivity index (χ3v) is 3.50. The number of amides is 2. The normalized spacial score (nSPS) is 11.3. The van der Waals surface area contributed by atoms with E-state index in [4.69, 9.17) is 0 Å². The minimum atomic E-state index is -4.48. The Labute approximate surface area is 159 Å². The molecule has 0 unspecified atom stereocenters. The van der Waals surface area contributed by atoms with Gasteiger partial charge in [0.15, 0.2) is 6.61 Å². The Bertz CT molecular complexity index is 849. The molecule has 0 aliphatic rings. The first-order chi connectivity index (χ1) is 13.3. The first kappa shape index (κ1) is 20.9. The van der Waals surface area contributed by atoms with Crippen LogP contribution in [0.15, 0.2) is 48.7 Å². The van der Waals surface area contributed by atoms with Gasteiger partial charge in [-0.25, -0.2) is 4.98 Å². The van der Waals surface area contributed by atoms with E-state index in [0.29, 0.717) is 16.7 Å². The number of rotatable bonds is 7. The van der Waals surface area contributed by atoms with Crippen molar-refractivity contribution in [3.05, 3.63) is 65.4 Å². The predicted octanol–water partition coefficient (Wildman–Crippen LogP) is 2.71. The molecule has 6 nitrogen and oxygen atoms in total. The summed E-state index contributed by atoms with van der Waals surface area (Å²) in [5.41, 5.74) is 1.52. The number of benzene rings is 1. The van der Waals surface area contributed by atoms with Crippen molar-refractivity contribution in [2.45, 2.75) is 12.7 Å². The number of halogens is 3. The summed E-state index contributed by atoms with van der Waals surface area (Å²) in [5.74, 6) is -0.844. The summed E-state index contributed by atoms with van der Waals surface area (Å²) in [7, 11) is 1.53. The second-order valence-electron chi connectivity index (χ2n) is 5.62. The number of pyridine rings is 1. The molecular formula is C19H18F3N3O3. The van der Waals surface area contributed by atoms with Gasteiger partial charge in [-0.05, 0) is 29.8 Å². The van der Waals surface area contributed by atoms with Crippen LogP contribution in [0.4, 0.5) is 13.2 Å². The molecule has 9 heteroatoms. The Balaban J connectivity index is 1.92. The van der Waals surface area contributed by atoms with E-state index in [9.17, 15) is 22.8 Å². The van der Waals surface area contributed by atoms with E-state index in [2.05, 4.69) is 20.4 Å². The topological polar surface area (TPSA) is 80.3 Å². The van der Waals surface area contributed by atoms with Crippen molar-refractivity contribution in [3.8, 4) is 5.88 Å². The van der Waals surface area contributed by atoms with Gasteiger partial charge in [-0.1, -0.05) is 18.2 Å². The Kier molecular flexibility index (Phi) is 7.14. The Morgan fingerprint density at radius 1 is 1.18 bits per heavy atom. The van der Waals surface area contributed by atoms with Crippen molar-refractivity contribution in [3.63, 3.8) is 0 Å². The Morgan fingerprint density at radius 2 is 1.89 bits per heavy atom. The molecule has 1 heterocycles. The lowest BCUT2D eigenvalue weighted by atomic mass is 10.1. The molecule has 0 saturated carbocycles. The van der Waals surface area contributed by atoms with Gasteiger partial charge in [-0.2, -0.15) is 13.2 Å². The van der Waals surface area contributed by atoms with E-state index >= 15 is 0 Å². The molecule has 0 atom stereocenters. The highest BCUT2D eigenvalue weighted by Crippen LogP contribution is 2.19. The van der Waals surface area contributed by atoms with Crippen LogP contribution in [-0.4, -0.2) is 36.6 Å². The maximum atomic E-state index is 12.3. The molecule has 1 aromatic carbocycles. The lowest BCUT2D eigenvalue weighted by Gasteiger charge is -2.12. The lowest BCUT2D eigenvalue weighted by Crippen LogP contribution is -2.23. The van der Waals surface area contributed by atoms with Crippen LogP contribution in [0.1, 0.15) is 21.5 Å². The monoisotopic (exact) mass is 393 g/mol. The molecule has 0 aliphatic carbocycles. The van der Waals surface area contributed by atoms with Crippen LogP contribution in [-0.2, 0) is 11.3 Å².